The maximum Gasteiger partial charge on any atom is 0.238 e. The van der Waals surface area contributed by atoms with Crippen molar-refractivity contribution in [2.45, 2.75) is 18.9 Å². The standard InChI is InChI=1S/C15H23N3O3.ClH/c1-20-12-3-4-13(14(9-12)21-2)17-15(19)10-18-7-5-11(16)6-8-18;/h3-4,9,11H,5-8,10,16H2,1-2H3,(H,17,19);1H. The van der Waals surface area contributed by atoms with Gasteiger partial charge in [0.15, 0.2) is 0 Å². The highest BCUT2D eigenvalue weighted by Gasteiger charge is 2.18. The molecule has 0 spiro atoms. The summed E-state index contributed by atoms with van der Waals surface area (Å²) in [6.45, 7) is 2.12. The van der Waals surface area contributed by atoms with Gasteiger partial charge in [-0.05, 0) is 25.0 Å². The van der Waals surface area contributed by atoms with Gasteiger partial charge >= 0.3 is 0 Å². The van der Waals surface area contributed by atoms with Crippen molar-refractivity contribution in [3.8, 4) is 11.5 Å². The number of benzene rings is 1. The van der Waals surface area contributed by atoms with Gasteiger partial charge in [-0.2, -0.15) is 0 Å². The molecule has 0 aliphatic carbocycles. The zero-order chi connectivity index (χ0) is 15.2. The number of ether oxygens (including phenoxy) is 2. The Kier molecular flexibility index (Phi) is 7.44. The van der Waals surface area contributed by atoms with Crippen LogP contribution in [0.3, 0.4) is 0 Å². The predicted molar refractivity (Wildman–Crippen MR) is 89.1 cm³/mol. The molecule has 2 rings (SSSR count). The van der Waals surface area contributed by atoms with Crippen LogP contribution < -0.4 is 20.5 Å². The van der Waals surface area contributed by atoms with E-state index in [1.54, 1.807) is 32.4 Å². The van der Waals surface area contributed by atoms with Gasteiger partial charge < -0.3 is 20.5 Å². The predicted octanol–water partition coefficient (Wildman–Crippen LogP) is 1.49. The molecule has 3 N–H and O–H groups in total. The SMILES string of the molecule is COc1ccc(NC(=O)CN2CCC(N)CC2)c(OC)c1.Cl. The number of carbonyl (C=O) groups is 1. The largest absolute Gasteiger partial charge is 0.497 e. The van der Waals surface area contributed by atoms with Crippen molar-refractivity contribution >= 4 is 24.0 Å². The topological polar surface area (TPSA) is 76.8 Å². The van der Waals surface area contributed by atoms with E-state index in [9.17, 15) is 4.79 Å². The van der Waals surface area contributed by atoms with Crippen LogP contribution in [0.2, 0.25) is 0 Å². The molecular formula is C15H24ClN3O3. The van der Waals surface area contributed by atoms with E-state index in [2.05, 4.69) is 10.2 Å². The lowest BCUT2D eigenvalue weighted by Crippen LogP contribution is -2.43. The normalized spacial score (nSPS) is 15.8. The summed E-state index contributed by atoms with van der Waals surface area (Å²) in [5.41, 5.74) is 6.51. The summed E-state index contributed by atoms with van der Waals surface area (Å²) >= 11 is 0. The van der Waals surface area contributed by atoms with Crippen molar-refractivity contribution in [3.63, 3.8) is 0 Å². The van der Waals surface area contributed by atoms with E-state index in [0.717, 1.165) is 25.9 Å². The van der Waals surface area contributed by atoms with Gasteiger partial charge in [0, 0.05) is 25.2 Å². The molecule has 1 saturated heterocycles. The molecule has 0 atom stereocenters. The minimum Gasteiger partial charge on any atom is -0.497 e. The highest BCUT2D eigenvalue weighted by molar-refractivity contribution is 5.93. The third kappa shape index (κ3) is 5.05. The van der Waals surface area contributed by atoms with Gasteiger partial charge in [0.2, 0.25) is 5.91 Å². The number of piperidine rings is 1. The zero-order valence-corrected chi connectivity index (χ0v) is 13.8. The van der Waals surface area contributed by atoms with Gasteiger partial charge in [-0.15, -0.1) is 12.4 Å². The summed E-state index contributed by atoms with van der Waals surface area (Å²) in [5, 5.41) is 2.88. The summed E-state index contributed by atoms with van der Waals surface area (Å²) in [6.07, 6.45) is 1.89. The Balaban J connectivity index is 0.00000242. The Bertz CT molecular complexity index is 491. The quantitative estimate of drug-likeness (QED) is 0.856. The highest BCUT2D eigenvalue weighted by Crippen LogP contribution is 2.28. The van der Waals surface area contributed by atoms with Crippen LogP contribution in [0.4, 0.5) is 5.69 Å². The van der Waals surface area contributed by atoms with Crippen molar-refractivity contribution in [1.82, 2.24) is 4.90 Å². The smallest absolute Gasteiger partial charge is 0.238 e. The second kappa shape index (κ2) is 8.82. The van der Waals surface area contributed by atoms with Gasteiger partial charge in [0.25, 0.3) is 0 Å². The maximum atomic E-state index is 12.1. The highest BCUT2D eigenvalue weighted by atomic mass is 35.5. The molecule has 6 nitrogen and oxygen atoms in total. The van der Waals surface area contributed by atoms with Crippen molar-refractivity contribution in [2.24, 2.45) is 5.73 Å². The summed E-state index contributed by atoms with van der Waals surface area (Å²) in [4.78, 5) is 14.2. The van der Waals surface area contributed by atoms with Gasteiger partial charge in [-0.3, -0.25) is 9.69 Å². The van der Waals surface area contributed by atoms with E-state index < -0.39 is 0 Å². The Morgan fingerprint density at radius 2 is 2.00 bits per heavy atom. The van der Waals surface area contributed by atoms with E-state index in [0.29, 0.717) is 23.7 Å². The molecule has 1 heterocycles. The van der Waals surface area contributed by atoms with Crippen LogP contribution in [-0.2, 0) is 4.79 Å². The number of methoxy groups -OCH3 is 2. The van der Waals surface area contributed by atoms with Gasteiger partial charge in [-0.25, -0.2) is 0 Å². The van der Waals surface area contributed by atoms with Crippen LogP contribution in [0.15, 0.2) is 18.2 Å². The molecule has 124 valence electrons. The third-order valence-corrected chi connectivity index (χ3v) is 3.68. The molecule has 1 fully saturated rings. The number of nitrogens with two attached hydrogens (primary N) is 1. The minimum atomic E-state index is -0.0473. The molecule has 0 radical (unpaired) electrons. The molecule has 0 saturated carbocycles. The van der Waals surface area contributed by atoms with Crippen LogP contribution in [0.5, 0.6) is 11.5 Å². The molecule has 1 aliphatic rings. The summed E-state index contributed by atoms with van der Waals surface area (Å²) < 4.78 is 10.4. The lowest BCUT2D eigenvalue weighted by Gasteiger charge is -2.29. The fourth-order valence-corrected chi connectivity index (χ4v) is 2.41. The molecular weight excluding hydrogens is 306 g/mol. The first kappa shape index (κ1) is 18.5. The fourth-order valence-electron chi connectivity index (χ4n) is 2.41. The van der Waals surface area contributed by atoms with E-state index >= 15 is 0 Å². The number of hydrogen-bond acceptors (Lipinski definition) is 5. The number of amides is 1. The van der Waals surface area contributed by atoms with Crippen LogP contribution in [0.25, 0.3) is 0 Å². The third-order valence-electron chi connectivity index (χ3n) is 3.68. The number of nitrogens with one attached hydrogen (secondary N) is 1. The van der Waals surface area contributed by atoms with Gasteiger partial charge in [0.05, 0.1) is 26.5 Å². The first-order valence-electron chi connectivity index (χ1n) is 7.12. The monoisotopic (exact) mass is 329 g/mol. The van der Waals surface area contributed by atoms with Crippen LogP contribution >= 0.6 is 12.4 Å². The van der Waals surface area contributed by atoms with Crippen LogP contribution in [0, 0.1) is 0 Å². The summed E-state index contributed by atoms with van der Waals surface area (Å²) in [6, 6.07) is 5.58. The first-order chi connectivity index (χ1) is 10.1. The molecule has 1 aromatic rings. The van der Waals surface area contributed by atoms with Crippen molar-refractivity contribution in [1.29, 1.82) is 0 Å². The van der Waals surface area contributed by atoms with E-state index in [1.165, 1.54) is 0 Å². The maximum absolute atomic E-state index is 12.1. The fraction of sp³-hybridized carbons (Fsp3) is 0.533. The number of anilines is 1. The molecule has 1 aromatic carbocycles. The molecule has 0 aromatic heterocycles. The number of halogens is 1. The van der Waals surface area contributed by atoms with Crippen molar-refractivity contribution < 1.29 is 14.3 Å². The number of rotatable bonds is 5. The number of hydrogen-bond donors (Lipinski definition) is 2. The van der Waals surface area contributed by atoms with Gasteiger partial charge in [0.1, 0.15) is 11.5 Å². The molecule has 1 amide bonds. The summed E-state index contributed by atoms with van der Waals surface area (Å²) in [5.74, 6) is 1.23. The van der Waals surface area contributed by atoms with Gasteiger partial charge in [-0.1, -0.05) is 0 Å². The lowest BCUT2D eigenvalue weighted by atomic mass is 10.1. The number of carbonyl (C=O) groups excluding carboxylic acids is 1. The number of likely N-dealkylation sites (tertiary alicyclic amines) is 1. The second-order valence-electron chi connectivity index (χ2n) is 5.23. The van der Waals surface area contributed by atoms with Crippen LogP contribution in [0.1, 0.15) is 12.8 Å². The Hall–Kier alpha value is -1.50. The molecule has 0 bridgehead atoms. The van der Waals surface area contributed by atoms with E-state index in [1.807, 2.05) is 0 Å². The van der Waals surface area contributed by atoms with E-state index in [-0.39, 0.29) is 24.4 Å². The Morgan fingerprint density at radius 1 is 1.32 bits per heavy atom. The zero-order valence-electron chi connectivity index (χ0n) is 13.0. The number of nitrogens with zero attached hydrogens (tertiary/aromatic N) is 1. The molecule has 0 unspecified atom stereocenters. The molecule has 22 heavy (non-hydrogen) atoms. The molecule has 7 heteroatoms. The average molecular weight is 330 g/mol. The van der Waals surface area contributed by atoms with E-state index in [4.69, 9.17) is 15.2 Å². The van der Waals surface area contributed by atoms with Crippen molar-refractivity contribution in [3.05, 3.63) is 18.2 Å². The first-order valence-corrected chi connectivity index (χ1v) is 7.12. The minimum absolute atomic E-state index is 0. The van der Waals surface area contributed by atoms with Crippen LogP contribution in [-0.4, -0.2) is 50.7 Å². The van der Waals surface area contributed by atoms with Crippen molar-refractivity contribution in [2.75, 3.05) is 39.2 Å². The summed E-state index contributed by atoms with van der Waals surface area (Å²) in [7, 11) is 3.16. The Morgan fingerprint density at radius 3 is 2.59 bits per heavy atom. The molecule has 1 aliphatic heterocycles. The second-order valence-corrected chi connectivity index (χ2v) is 5.23. The lowest BCUT2D eigenvalue weighted by molar-refractivity contribution is -0.117. The average Bonchev–Trinajstić information content (AvgIpc) is 2.50. The Labute approximate surface area is 137 Å².